The molecule has 4 atom stereocenters. The van der Waals surface area contributed by atoms with E-state index in [0.29, 0.717) is 10.6 Å². The van der Waals surface area contributed by atoms with Gasteiger partial charge < -0.3 is 14.7 Å². The monoisotopic (exact) mass is 559 g/mol. The molecule has 0 radical (unpaired) electrons. The second-order valence-corrected chi connectivity index (χ2v) is 12.5. The molecule has 11 heteroatoms. The van der Waals surface area contributed by atoms with Gasteiger partial charge in [0.05, 0.1) is 23.5 Å². The van der Waals surface area contributed by atoms with Crippen LogP contribution in [0.1, 0.15) is 56.9 Å². The number of benzene rings is 2. The Hall–Kier alpha value is -2.20. The number of amides is 1. The maximum absolute atomic E-state index is 14.4. The van der Waals surface area contributed by atoms with Gasteiger partial charge in [-0.1, -0.05) is 42.3 Å². The Kier molecular flexibility index (Phi) is 9.03. The van der Waals surface area contributed by atoms with E-state index in [1.54, 1.807) is 45.0 Å². The molecule has 0 unspecified atom stereocenters. The number of ether oxygens (including phenoxy) is 1. The molecule has 1 N–H and O–H groups in total. The predicted molar refractivity (Wildman–Crippen MR) is 135 cm³/mol. The number of halogens is 3. The fourth-order valence-electron chi connectivity index (χ4n) is 4.31. The molecule has 0 aromatic heterocycles. The molecule has 1 aliphatic rings. The van der Waals surface area contributed by atoms with Crippen LogP contribution in [0.25, 0.3) is 0 Å². The molecule has 1 amide bonds. The second-order valence-electron chi connectivity index (χ2n) is 9.03. The van der Waals surface area contributed by atoms with Crippen molar-refractivity contribution >= 4 is 44.9 Å². The van der Waals surface area contributed by atoms with Crippen molar-refractivity contribution in [2.24, 2.45) is 0 Å². The van der Waals surface area contributed by atoms with Crippen molar-refractivity contribution in [1.29, 1.82) is 0 Å². The summed E-state index contributed by atoms with van der Waals surface area (Å²) in [4.78, 5) is 26.7. The van der Waals surface area contributed by atoms with Crippen molar-refractivity contribution in [3.8, 4) is 0 Å². The lowest BCUT2D eigenvalue weighted by Gasteiger charge is -2.48. The van der Waals surface area contributed by atoms with E-state index >= 15 is 0 Å². The maximum atomic E-state index is 14.4. The number of carbonyl (C=O) groups excluding carboxylic acids is 1. The number of hydrogen-bond acceptors (Lipinski definition) is 5. The third-order valence-electron chi connectivity index (χ3n) is 6.22. The second kappa shape index (κ2) is 11.5. The Morgan fingerprint density at radius 3 is 2.28 bits per heavy atom. The Bertz CT molecular complexity index is 1200. The summed E-state index contributed by atoms with van der Waals surface area (Å²) in [7, 11) is -3.58. The van der Waals surface area contributed by atoms with Crippen molar-refractivity contribution in [2.45, 2.75) is 63.2 Å². The summed E-state index contributed by atoms with van der Waals surface area (Å²) in [5.41, 5.74) is 0.849. The molecule has 7 nitrogen and oxygen atoms in total. The van der Waals surface area contributed by atoms with Gasteiger partial charge in [0.15, 0.2) is 9.84 Å². The van der Waals surface area contributed by atoms with Crippen LogP contribution >= 0.6 is 23.2 Å². The molecule has 2 aromatic carbocycles. The smallest absolute Gasteiger partial charge is 0.306 e. The largest absolute Gasteiger partial charge is 0.481 e. The van der Waals surface area contributed by atoms with Crippen LogP contribution in [0.3, 0.4) is 0 Å². The molecule has 196 valence electrons. The Morgan fingerprint density at radius 2 is 1.75 bits per heavy atom. The van der Waals surface area contributed by atoms with Gasteiger partial charge in [-0.15, -0.1) is 0 Å². The number of aliphatic carboxylic acids is 1. The topological polar surface area (TPSA) is 101 Å². The van der Waals surface area contributed by atoms with E-state index < -0.39 is 63.5 Å². The minimum absolute atomic E-state index is 0.0936. The molecule has 0 spiro atoms. The first kappa shape index (κ1) is 28.4. The summed E-state index contributed by atoms with van der Waals surface area (Å²) in [6.45, 7) is 4.87. The lowest BCUT2D eigenvalue weighted by molar-refractivity contribution is -0.182. The number of sulfone groups is 1. The van der Waals surface area contributed by atoms with Crippen LogP contribution in [0.15, 0.2) is 42.5 Å². The lowest BCUT2D eigenvalue weighted by Crippen LogP contribution is -2.56. The fourth-order valence-corrected chi connectivity index (χ4v) is 5.98. The molecule has 1 aliphatic heterocycles. The van der Waals surface area contributed by atoms with Gasteiger partial charge in [0.1, 0.15) is 18.0 Å². The number of carboxylic acid groups (broad SMARTS) is 1. The third-order valence-corrected chi connectivity index (χ3v) is 8.98. The summed E-state index contributed by atoms with van der Waals surface area (Å²) in [5.74, 6) is -2.88. The number of morpholine rings is 1. The molecule has 0 bridgehead atoms. The SMILES string of the molecule is CC[C@@H](CS(=O)(=O)C(C)C)N1C(=O)[C@@H](CC(=O)O)O[C@H](c2cc(F)cc(Cl)c2)[C@H]1c1ccc(Cl)cc1. The van der Waals surface area contributed by atoms with Crippen molar-refractivity contribution in [1.82, 2.24) is 4.90 Å². The Labute approximate surface area is 220 Å². The number of carbonyl (C=O) groups is 2. The van der Waals surface area contributed by atoms with Crippen LogP contribution in [-0.4, -0.2) is 53.4 Å². The molecule has 36 heavy (non-hydrogen) atoms. The molecule has 2 aromatic rings. The molecule has 1 heterocycles. The van der Waals surface area contributed by atoms with Gasteiger partial charge in [0.2, 0.25) is 0 Å². The zero-order chi connectivity index (χ0) is 26.8. The van der Waals surface area contributed by atoms with Crippen LogP contribution in [-0.2, 0) is 24.2 Å². The normalized spacial score (nSPS) is 21.6. The van der Waals surface area contributed by atoms with Gasteiger partial charge in [0.25, 0.3) is 5.91 Å². The van der Waals surface area contributed by atoms with Gasteiger partial charge in [-0.2, -0.15) is 0 Å². The lowest BCUT2D eigenvalue weighted by atomic mass is 9.89. The highest BCUT2D eigenvalue weighted by atomic mass is 35.5. The molecular formula is C25H28Cl2FNO6S. The predicted octanol–water partition coefficient (Wildman–Crippen LogP) is 5.22. The van der Waals surface area contributed by atoms with Gasteiger partial charge in [-0.05, 0) is 61.7 Å². The third kappa shape index (κ3) is 6.37. The van der Waals surface area contributed by atoms with E-state index in [1.165, 1.54) is 17.0 Å². The number of carboxylic acids is 1. The van der Waals surface area contributed by atoms with Crippen molar-refractivity contribution < 1.29 is 32.2 Å². The van der Waals surface area contributed by atoms with Crippen LogP contribution in [0.4, 0.5) is 4.39 Å². The molecule has 0 aliphatic carbocycles. The minimum Gasteiger partial charge on any atom is -0.481 e. The highest BCUT2D eigenvalue weighted by Crippen LogP contribution is 2.45. The van der Waals surface area contributed by atoms with Gasteiger partial charge in [-0.25, -0.2) is 12.8 Å². The first-order chi connectivity index (χ1) is 16.8. The van der Waals surface area contributed by atoms with E-state index in [0.717, 1.165) is 6.07 Å². The van der Waals surface area contributed by atoms with Crippen LogP contribution in [0.2, 0.25) is 10.0 Å². The number of nitrogens with zero attached hydrogens (tertiary/aromatic N) is 1. The standard InChI is InChI=1S/C25H28Cl2FNO6S/c1-4-20(13-36(33,34)14(2)3)29-23(15-5-7-17(26)8-6-15)24(16-9-18(27)11-19(28)10-16)35-21(25(29)32)12-22(30)31/h5-11,14,20-21,23-24H,4,12-13H2,1-3H3,(H,30,31)/t20-,21+,23+,24+/m0/s1. The van der Waals surface area contributed by atoms with Crippen molar-refractivity contribution in [2.75, 3.05) is 5.75 Å². The van der Waals surface area contributed by atoms with Gasteiger partial charge >= 0.3 is 5.97 Å². The van der Waals surface area contributed by atoms with E-state index in [2.05, 4.69) is 0 Å². The van der Waals surface area contributed by atoms with E-state index in [4.69, 9.17) is 27.9 Å². The summed E-state index contributed by atoms with van der Waals surface area (Å²) >= 11 is 12.2. The highest BCUT2D eigenvalue weighted by Gasteiger charge is 2.48. The summed E-state index contributed by atoms with van der Waals surface area (Å²) in [6, 6.07) is 8.69. The molecule has 3 rings (SSSR count). The summed E-state index contributed by atoms with van der Waals surface area (Å²) in [5, 5.41) is 9.30. The quantitative estimate of drug-likeness (QED) is 0.452. The average Bonchev–Trinajstić information content (AvgIpc) is 2.78. The zero-order valence-corrected chi connectivity index (χ0v) is 22.4. The van der Waals surface area contributed by atoms with Crippen molar-refractivity contribution in [3.05, 3.63) is 69.5 Å². The Balaban J connectivity index is 2.23. The molecular weight excluding hydrogens is 532 g/mol. The zero-order valence-electron chi connectivity index (χ0n) is 20.0. The highest BCUT2D eigenvalue weighted by molar-refractivity contribution is 7.92. The maximum Gasteiger partial charge on any atom is 0.306 e. The average molecular weight is 560 g/mol. The van der Waals surface area contributed by atoms with E-state index in [1.807, 2.05) is 0 Å². The van der Waals surface area contributed by atoms with E-state index in [-0.39, 0.29) is 22.8 Å². The molecule has 0 saturated carbocycles. The summed E-state index contributed by atoms with van der Waals surface area (Å²) in [6.07, 6.45) is -2.81. The molecule has 1 saturated heterocycles. The van der Waals surface area contributed by atoms with Crippen LogP contribution in [0, 0.1) is 5.82 Å². The fraction of sp³-hybridized carbons (Fsp3) is 0.440. The molecule has 1 fully saturated rings. The number of rotatable bonds is 9. The first-order valence-electron chi connectivity index (χ1n) is 11.5. The minimum atomic E-state index is -3.58. The van der Waals surface area contributed by atoms with Crippen molar-refractivity contribution in [3.63, 3.8) is 0 Å². The van der Waals surface area contributed by atoms with E-state index in [9.17, 15) is 27.5 Å². The van der Waals surface area contributed by atoms with Gasteiger partial charge in [-0.3, -0.25) is 9.59 Å². The van der Waals surface area contributed by atoms with Gasteiger partial charge in [0, 0.05) is 16.1 Å². The van der Waals surface area contributed by atoms with Crippen LogP contribution in [0.5, 0.6) is 0 Å². The number of hydrogen-bond donors (Lipinski definition) is 1. The Morgan fingerprint density at radius 1 is 1.11 bits per heavy atom. The first-order valence-corrected chi connectivity index (χ1v) is 13.9. The summed E-state index contributed by atoms with van der Waals surface area (Å²) < 4.78 is 46.2. The van der Waals surface area contributed by atoms with Crippen LogP contribution < -0.4 is 0 Å².